The lowest BCUT2D eigenvalue weighted by Gasteiger charge is -2.41. The summed E-state index contributed by atoms with van der Waals surface area (Å²) < 4.78 is 33.6. The predicted octanol–water partition coefficient (Wildman–Crippen LogP) is 11.7. The molecule has 8 atom stereocenters. The van der Waals surface area contributed by atoms with Crippen LogP contribution in [0.15, 0.2) is 36.5 Å². The van der Waals surface area contributed by atoms with Gasteiger partial charge < -0.3 is 39.9 Å². The number of unbranched alkanes of at least 4 members (excludes halogenated alkanes) is 27. The Morgan fingerprint density at radius 2 is 0.821 bits per heavy atom. The van der Waals surface area contributed by atoms with Crippen molar-refractivity contribution in [2.45, 2.75) is 275 Å². The van der Waals surface area contributed by atoms with Crippen LogP contribution >= 0.6 is 7.82 Å². The fourth-order valence-electron chi connectivity index (χ4n) is 8.15. The Bertz CT molecular complexity index is 1310. The van der Waals surface area contributed by atoms with Gasteiger partial charge in [0, 0.05) is 12.8 Å². The normalized spacial score (nSPS) is 21.4. The third-order valence-corrected chi connectivity index (χ3v) is 13.4. The van der Waals surface area contributed by atoms with Crippen molar-refractivity contribution in [1.82, 2.24) is 0 Å². The number of allylic oxidation sites excluding steroid dienone is 6. The molecule has 14 heteroatoms. The monoisotopic (exact) mass is 973 g/mol. The summed E-state index contributed by atoms with van der Waals surface area (Å²) in [4.78, 5) is 35.8. The molecule has 0 heterocycles. The van der Waals surface area contributed by atoms with E-state index in [-0.39, 0.29) is 12.8 Å². The molecule has 6 N–H and O–H groups in total. The highest BCUT2D eigenvalue weighted by Crippen LogP contribution is 2.47. The Morgan fingerprint density at radius 3 is 1.30 bits per heavy atom. The topological polar surface area (TPSA) is 210 Å². The lowest BCUT2D eigenvalue weighted by molar-refractivity contribution is -0.220. The van der Waals surface area contributed by atoms with E-state index in [1.165, 1.54) is 128 Å². The van der Waals surface area contributed by atoms with E-state index in [1.54, 1.807) is 0 Å². The van der Waals surface area contributed by atoms with Crippen molar-refractivity contribution in [3.8, 4) is 0 Å². The Balaban J connectivity index is 2.37. The van der Waals surface area contributed by atoms with Crippen LogP contribution in [0.25, 0.3) is 0 Å². The van der Waals surface area contributed by atoms with E-state index in [0.717, 1.165) is 57.8 Å². The number of hydrogen-bond donors (Lipinski definition) is 6. The van der Waals surface area contributed by atoms with Gasteiger partial charge >= 0.3 is 19.8 Å². The van der Waals surface area contributed by atoms with Crippen LogP contribution in [-0.4, -0.2) is 98.3 Å². The number of aliphatic hydroxyl groups is 5. The molecule has 0 radical (unpaired) electrons. The van der Waals surface area contributed by atoms with Crippen LogP contribution in [0, 0.1) is 0 Å². The molecule has 0 saturated heterocycles. The molecule has 1 fully saturated rings. The van der Waals surface area contributed by atoms with Gasteiger partial charge in [-0.3, -0.25) is 18.6 Å². The zero-order valence-corrected chi connectivity index (χ0v) is 42.8. The van der Waals surface area contributed by atoms with Gasteiger partial charge in [-0.2, -0.15) is 0 Å². The van der Waals surface area contributed by atoms with Crippen LogP contribution in [0.1, 0.15) is 232 Å². The molecule has 1 aliphatic rings. The molecule has 0 aliphatic heterocycles. The number of esters is 2. The molecule has 0 aromatic heterocycles. The maximum Gasteiger partial charge on any atom is 0.472 e. The van der Waals surface area contributed by atoms with Crippen LogP contribution < -0.4 is 0 Å². The van der Waals surface area contributed by atoms with E-state index >= 15 is 0 Å². The third kappa shape index (κ3) is 34.9. The first kappa shape index (κ1) is 63.1. The van der Waals surface area contributed by atoms with Gasteiger partial charge in [-0.05, 0) is 64.2 Å². The van der Waals surface area contributed by atoms with Crippen LogP contribution in [0.3, 0.4) is 0 Å². The summed E-state index contributed by atoms with van der Waals surface area (Å²) >= 11 is 0. The van der Waals surface area contributed by atoms with E-state index in [4.69, 9.17) is 18.5 Å². The first-order chi connectivity index (χ1) is 32.4. The molecule has 0 aromatic rings. The van der Waals surface area contributed by atoms with Crippen molar-refractivity contribution in [3.05, 3.63) is 36.5 Å². The largest absolute Gasteiger partial charge is 0.472 e. The highest BCUT2D eigenvalue weighted by molar-refractivity contribution is 7.47. The second kappa shape index (κ2) is 42.9. The molecule has 1 rings (SSSR count). The summed E-state index contributed by atoms with van der Waals surface area (Å²) in [6.45, 7) is 3.27. The van der Waals surface area contributed by atoms with Gasteiger partial charge in [0.25, 0.3) is 0 Å². The molecule has 0 aromatic carbocycles. The lowest BCUT2D eigenvalue weighted by atomic mass is 9.85. The minimum Gasteiger partial charge on any atom is -0.462 e. The van der Waals surface area contributed by atoms with Gasteiger partial charge in [0.05, 0.1) is 6.61 Å². The van der Waals surface area contributed by atoms with E-state index in [1.807, 2.05) is 0 Å². The molecule has 0 bridgehead atoms. The van der Waals surface area contributed by atoms with Gasteiger partial charge in [-0.1, -0.05) is 192 Å². The summed E-state index contributed by atoms with van der Waals surface area (Å²) in [6, 6.07) is 0. The number of rotatable bonds is 45. The molecule has 0 spiro atoms. The summed E-state index contributed by atoms with van der Waals surface area (Å²) in [5.41, 5.74) is 0. The molecule has 1 aliphatic carbocycles. The van der Waals surface area contributed by atoms with Gasteiger partial charge in [-0.15, -0.1) is 0 Å². The maximum absolute atomic E-state index is 12.8. The molecule has 1 saturated carbocycles. The van der Waals surface area contributed by atoms with Crippen molar-refractivity contribution in [1.29, 1.82) is 0 Å². The van der Waals surface area contributed by atoms with Gasteiger partial charge in [0.1, 0.15) is 43.2 Å². The number of hydrogen-bond acceptors (Lipinski definition) is 12. The van der Waals surface area contributed by atoms with Crippen molar-refractivity contribution in [2.75, 3.05) is 13.2 Å². The summed E-state index contributed by atoms with van der Waals surface area (Å²) in [5.74, 6) is -1.15. The highest BCUT2D eigenvalue weighted by Gasteiger charge is 2.51. The maximum atomic E-state index is 12.8. The first-order valence-corrected chi connectivity index (χ1v) is 28.3. The molecule has 6 unspecified atom stereocenters. The summed E-state index contributed by atoms with van der Waals surface area (Å²) in [7, 11) is -5.13. The molecular weight excluding hydrogens is 876 g/mol. The number of carbonyl (C=O) groups excluding carboxylic acids is 2. The number of carbonyl (C=O) groups is 2. The third-order valence-electron chi connectivity index (χ3n) is 12.5. The number of aliphatic hydroxyl groups excluding tert-OH is 5. The molecule has 392 valence electrons. The second-order valence-corrected chi connectivity index (χ2v) is 20.1. The number of phosphoric acid groups is 1. The van der Waals surface area contributed by atoms with Crippen LogP contribution in [0.5, 0.6) is 0 Å². The zero-order chi connectivity index (χ0) is 49.2. The molecule has 0 amide bonds. The van der Waals surface area contributed by atoms with Crippen LogP contribution in [0.2, 0.25) is 0 Å². The fourth-order valence-corrected chi connectivity index (χ4v) is 9.12. The van der Waals surface area contributed by atoms with Gasteiger partial charge in [0.15, 0.2) is 6.10 Å². The van der Waals surface area contributed by atoms with Crippen molar-refractivity contribution in [2.24, 2.45) is 0 Å². The van der Waals surface area contributed by atoms with Gasteiger partial charge in [-0.25, -0.2) is 4.57 Å². The van der Waals surface area contributed by atoms with Crippen molar-refractivity contribution >= 4 is 19.8 Å². The van der Waals surface area contributed by atoms with Crippen LogP contribution in [-0.2, 0) is 32.7 Å². The van der Waals surface area contributed by atoms with Crippen LogP contribution in [0.4, 0.5) is 0 Å². The smallest absolute Gasteiger partial charge is 0.462 e. The minimum absolute atomic E-state index is 0.0760. The summed E-state index contributed by atoms with van der Waals surface area (Å²) in [5, 5.41) is 50.3. The zero-order valence-electron chi connectivity index (χ0n) is 41.9. The standard InChI is InChI=1S/C53H97O13P/c1-3-5-7-9-11-13-15-17-19-20-21-22-23-24-25-26-28-29-31-33-35-37-39-41-46(54)63-43-45(44-64-67(61,62)66-53-51(59)49(57)48(56)50(58)52(53)60)65-47(55)42-40-38-36-34-32-30-27-18-16-14-12-10-8-6-4-2/h12,14,18,27,33,35,45,48-53,56-60H,3-11,13,15-17,19-26,28-32,34,36-44H2,1-2H3,(H,61,62)/b14-12+,27-18+,35-33+/t45-,48?,49-,50?,51?,52?,53?/m0/s1. The van der Waals surface area contributed by atoms with Gasteiger partial charge in [0.2, 0.25) is 0 Å². The van der Waals surface area contributed by atoms with Crippen molar-refractivity contribution < 1.29 is 63.1 Å². The molecule has 13 nitrogen and oxygen atoms in total. The SMILES string of the molecule is CCCCC/C=C/C/C=C/CCCCCCCC(=O)O[C@@H](COC(=O)CCC/C=C/CCCCCCCCCCCCCCCCCCCC)COP(=O)(O)OC1C(O)C(O)C(O)[C@H](O)C1O. The van der Waals surface area contributed by atoms with E-state index in [2.05, 4.69) is 50.3 Å². The Kier molecular flexibility index (Phi) is 40.4. The van der Waals surface area contributed by atoms with E-state index in [9.17, 15) is 44.6 Å². The molecular formula is C53H97O13P. The number of ether oxygens (including phenoxy) is 2. The Labute approximate surface area is 406 Å². The predicted molar refractivity (Wildman–Crippen MR) is 267 cm³/mol. The number of phosphoric ester groups is 1. The lowest BCUT2D eigenvalue weighted by Crippen LogP contribution is -2.64. The van der Waals surface area contributed by atoms with E-state index < -0.39 is 75.7 Å². The highest BCUT2D eigenvalue weighted by atomic mass is 31.2. The average Bonchev–Trinajstić information content (AvgIpc) is 3.31. The fraction of sp³-hybridized carbons (Fsp3) is 0.849. The average molecular weight is 973 g/mol. The summed E-state index contributed by atoms with van der Waals surface area (Å²) in [6.07, 6.45) is 37.8. The Hall–Kier alpha value is -1.93. The first-order valence-electron chi connectivity index (χ1n) is 26.8. The second-order valence-electron chi connectivity index (χ2n) is 18.7. The quantitative estimate of drug-likeness (QED) is 0.0145. The minimum atomic E-state index is -5.13. The Morgan fingerprint density at radius 1 is 0.463 bits per heavy atom. The van der Waals surface area contributed by atoms with Crippen molar-refractivity contribution in [3.63, 3.8) is 0 Å². The molecule has 67 heavy (non-hydrogen) atoms. The van der Waals surface area contributed by atoms with E-state index in [0.29, 0.717) is 19.3 Å².